The second kappa shape index (κ2) is 7.20. The Labute approximate surface area is 94.0 Å². The summed E-state index contributed by atoms with van der Waals surface area (Å²) in [6, 6.07) is 0.436. The van der Waals surface area contributed by atoms with Crippen LogP contribution in [0.15, 0.2) is 0 Å². The van der Waals surface area contributed by atoms with Gasteiger partial charge >= 0.3 is 0 Å². The molecule has 1 rings (SSSR count). The second-order valence-electron chi connectivity index (χ2n) is 4.42. The Hall–Kier alpha value is -0.120. The first-order chi connectivity index (χ1) is 7.27. The number of rotatable bonds is 9. The third kappa shape index (κ3) is 5.50. The van der Waals surface area contributed by atoms with Gasteiger partial charge in [-0.3, -0.25) is 0 Å². The summed E-state index contributed by atoms with van der Waals surface area (Å²) in [6.07, 6.45) is 3.85. The molecule has 0 saturated heterocycles. The van der Waals surface area contributed by atoms with Crippen LogP contribution in [0, 0.1) is 5.92 Å². The van der Waals surface area contributed by atoms with Crippen molar-refractivity contribution < 1.29 is 4.74 Å². The van der Waals surface area contributed by atoms with Gasteiger partial charge in [-0.15, -0.1) is 0 Å². The first-order valence-electron chi connectivity index (χ1n) is 6.33. The first-order valence-corrected chi connectivity index (χ1v) is 6.33. The fourth-order valence-corrected chi connectivity index (χ4v) is 1.86. The van der Waals surface area contributed by atoms with Crippen molar-refractivity contribution in [2.75, 3.05) is 32.8 Å². The maximum atomic E-state index is 6.08. The van der Waals surface area contributed by atoms with E-state index < -0.39 is 0 Å². The van der Waals surface area contributed by atoms with Gasteiger partial charge in [0.2, 0.25) is 0 Å². The van der Waals surface area contributed by atoms with Crippen molar-refractivity contribution in [2.24, 2.45) is 11.7 Å². The van der Waals surface area contributed by atoms with Crippen LogP contribution in [-0.4, -0.2) is 43.8 Å². The van der Waals surface area contributed by atoms with Crippen LogP contribution in [0.3, 0.4) is 0 Å². The highest BCUT2D eigenvalue weighted by molar-refractivity contribution is 4.84. The molecule has 1 saturated carbocycles. The molecule has 1 unspecified atom stereocenters. The molecule has 0 aliphatic heterocycles. The van der Waals surface area contributed by atoms with E-state index in [0.29, 0.717) is 6.04 Å². The fraction of sp³-hybridized carbons (Fsp3) is 1.00. The highest BCUT2D eigenvalue weighted by Crippen LogP contribution is 2.32. The summed E-state index contributed by atoms with van der Waals surface area (Å²) in [4.78, 5) is 2.43. The molecule has 0 radical (unpaired) electrons. The Morgan fingerprint density at radius 2 is 2.07 bits per heavy atom. The maximum Gasteiger partial charge on any atom is 0.0593 e. The van der Waals surface area contributed by atoms with E-state index in [9.17, 15) is 0 Å². The van der Waals surface area contributed by atoms with Gasteiger partial charge in [-0.1, -0.05) is 6.92 Å². The van der Waals surface area contributed by atoms with Crippen molar-refractivity contribution in [3.05, 3.63) is 0 Å². The van der Waals surface area contributed by atoms with E-state index in [1.165, 1.54) is 12.8 Å². The van der Waals surface area contributed by atoms with E-state index in [0.717, 1.165) is 45.2 Å². The molecule has 1 aliphatic carbocycles. The zero-order chi connectivity index (χ0) is 11.1. The van der Waals surface area contributed by atoms with Crippen LogP contribution in [0.1, 0.15) is 33.1 Å². The zero-order valence-corrected chi connectivity index (χ0v) is 10.2. The third-order valence-corrected chi connectivity index (χ3v) is 3.21. The van der Waals surface area contributed by atoms with Gasteiger partial charge in [-0.2, -0.15) is 0 Å². The van der Waals surface area contributed by atoms with Crippen molar-refractivity contribution in [2.45, 2.75) is 39.2 Å². The van der Waals surface area contributed by atoms with Crippen molar-refractivity contribution >= 4 is 0 Å². The molecule has 0 aromatic heterocycles. The predicted octanol–water partition coefficient (Wildman–Crippen LogP) is 1.47. The van der Waals surface area contributed by atoms with E-state index in [4.69, 9.17) is 10.5 Å². The van der Waals surface area contributed by atoms with Gasteiger partial charge in [0.25, 0.3) is 0 Å². The lowest BCUT2D eigenvalue weighted by atomic mass is 10.1. The molecule has 3 nitrogen and oxygen atoms in total. The molecule has 1 fully saturated rings. The molecule has 1 aliphatic rings. The van der Waals surface area contributed by atoms with Gasteiger partial charge in [0.1, 0.15) is 0 Å². The summed E-state index contributed by atoms with van der Waals surface area (Å²) < 4.78 is 5.36. The van der Waals surface area contributed by atoms with E-state index in [2.05, 4.69) is 11.8 Å². The minimum absolute atomic E-state index is 0.436. The molecule has 90 valence electrons. The normalized spacial score (nSPS) is 18.4. The molecule has 3 heteroatoms. The van der Waals surface area contributed by atoms with Crippen LogP contribution < -0.4 is 5.73 Å². The average Bonchev–Trinajstić information content (AvgIpc) is 3.06. The van der Waals surface area contributed by atoms with Crippen LogP contribution in [-0.2, 0) is 4.74 Å². The van der Waals surface area contributed by atoms with Gasteiger partial charge in [0.15, 0.2) is 0 Å². The lowest BCUT2D eigenvalue weighted by molar-refractivity contribution is 0.114. The van der Waals surface area contributed by atoms with E-state index in [1.54, 1.807) is 0 Å². The molecule has 1 atom stereocenters. The highest BCUT2D eigenvalue weighted by atomic mass is 16.5. The average molecular weight is 214 g/mol. The quantitative estimate of drug-likeness (QED) is 0.591. The molecule has 0 bridgehead atoms. The Kier molecular flexibility index (Phi) is 6.22. The monoisotopic (exact) mass is 214 g/mol. The SMILES string of the molecule is CCOCCN(CC)CCC(N)C1CC1. The van der Waals surface area contributed by atoms with Crippen LogP contribution >= 0.6 is 0 Å². The molecule has 0 aromatic carbocycles. The number of hydrogen-bond donors (Lipinski definition) is 1. The second-order valence-corrected chi connectivity index (χ2v) is 4.42. The largest absolute Gasteiger partial charge is 0.380 e. The third-order valence-electron chi connectivity index (χ3n) is 3.21. The van der Waals surface area contributed by atoms with Crippen molar-refractivity contribution in [1.29, 1.82) is 0 Å². The summed E-state index contributed by atoms with van der Waals surface area (Å²) in [5, 5.41) is 0. The molecule has 0 spiro atoms. The number of nitrogens with zero attached hydrogens (tertiary/aromatic N) is 1. The van der Waals surface area contributed by atoms with Gasteiger partial charge in [-0.25, -0.2) is 0 Å². The van der Waals surface area contributed by atoms with Gasteiger partial charge in [0.05, 0.1) is 6.61 Å². The van der Waals surface area contributed by atoms with Gasteiger partial charge in [0, 0.05) is 19.2 Å². The number of hydrogen-bond acceptors (Lipinski definition) is 3. The molecule has 0 heterocycles. The molecule has 15 heavy (non-hydrogen) atoms. The predicted molar refractivity (Wildman–Crippen MR) is 63.9 cm³/mol. The zero-order valence-electron chi connectivity index (χ0n) is 10.2. The first kappa shape index (κ1) is 12.9. The Morgan fingerprint density at radius 1 is 1.33 bits per heavy atom. The summed E-state index contributed by atoms with van der Waals surface area (Å²) in [7, 11) is 0. The lowest BCUT2D eigenvalue weighted by Crippen LogP contribution is -2.33. The minimum Gasteiger partial charge on any atom is -0.380 e. The van der Waals surface area contributed by atoms with Crippen molar-refractivity contribution in [1.82, 2.24) is 4.90 Å². The molecule has 0 amide bonds. The van der Waals surface area contributed by atoms with Crippen molar-refractivity contribution in [3.8, 4) is 0 Å². The number of likely N-dealkylation sites (N-methyl/N-ethyl adjacent to an activating group) is 1. The Bertz CT molecular complexity index is 160. The lowest BCUT2D eigenvalue weighted by Gasteiger charge is -2.22. The summed E-state index contributed by atoms with van der Waals surface area (Å²) in [6.45, 7) is 9.18. The van der Waals surface area contributed by atoms with Gasteiger partial charge < -0.3 is 15.4 Å². The summed E-state index contributed by atoms with van der Waals surface area (Å²) in [5.41, 5.74) is 6.08. The molecular formula is C12H26N2O. The molecule has 0 aromatic rings. The maximum absolute atomic E-state index is 6.08. The topological polar surface area (TPSA) is 38.5 Å². The highest BCUT2D eigenvalue weighted by Gasteiger charge is 2.28. The van der Waals surface area contributed by atoms with Crippen LogP contribution in [0.25, 0.3) is 0 Å². The van der Waals surface area contributed by atoms with E-state index >= 15 is 0 Å². The molecule has 2 N–H and O–H groups in total. The van der Waals surface area contributed by atoms with E-state index in [-0.39, 0.29) is 0 Å². The summed E-state index contributed by atoms with van der Waals surface area (Å²) in [5.74, 6) is 0.829. The minimum atomic E-state index is 0.436. The number of nitrogens with two attached hydrogens (primary N) is 1. The van der Waals surface area contributed by atoms with Crippen LogP contribution in [0.4, 0.5) is 0 Å². The smallest absolute Gasteiger partial charge is 0.0593 e. The fourth-order valence-electron chi connectivity index (χ4n) is 1.86. The van der Waals surface area contributed by atoms with Crippen molar-refractivity contribution in [3.63, 3.8) is 0 Å². The van der Waals surface area contributed by atoms with Gasteiger partial charge in [-0.05, 0) is 45.2 Å². The standard InChI is InChI=1S/C12H26N2O/c1-3-14(9-10-15-4-2)8-7-12(13)11-5-6-11/h11-12H,3-10,13H2,1-2H3. The summed E-state index contributed by atoms with van der Waals surface area (Å²) >= 11 is 0. The van der Waals surface area contributed by atoms with Crippen LogP contribution in [0.2, 0.25) is 0 Å². The number of ether oxygens (including phenoxy) is 1. The Balaban J connectivity index is 2.03. The molecular weight excluding hydrogens is 188 g/mol. The Morgan fingerprint density at radius 3 is 2.60 bits per heavy atom. The van der Waals surface area contributed by atoms with Crippen LogP contribution in [0.5, 0.6) is 0 Å². The van der Waals surface area contributed by atoms with E-state index in [1.807, 2.05) is 6.92 Å².